The molecule has 2 aromatic carbocycles. The first-order chi connectivity index (χ1) is 12.0. The van der Waals surface area contributed by atoms with Gasteiger partial charge in [-0.05, 0) is 56.2 Å². The average Bonchev–Trinajstić information content (AvgIpc) is 2.96. The van der Waals surface area contributed by atoms with Gasteiger partial charge in [-0.25, -0.2) is 4.57 Å². The molecule has 0 aliphatic rings. The molecule has 0 amide bonds. The Morgan fingerprint density at radius 1 is 0.920 bits per heavy atom. The summed E-state index contributed by atoms with van der Waals surface area (Å²) in [4.78, 5) is 0. The van der Waals surface area contributed by atoms with Gasteiger partial charge in [0.2, 0.25) is 5.69 Å². The van der Waals surface area contributed by atoms with E-state index < -0.39 is 0 Å². The Morgan fingerprint density at radius 3 is 2.44 bits per heavy atom. The van der Waals surface area contributed by atoms with E-state index in [2.05, 4.69) is 56.8 Å². The van der Waals surface area contributed by atoms with Crippen LogP contribution in [0.5, 0.6) is 0 Å². The smallest absolute Gasteiger partial charge is 0.213 e. The van der Waals surface area contributed by atoms with Crippen LogP contribution in [0.25, 0.3) is 33.2 Å². The fraction of sp³-hybridized carbons (Fsp3) is 0.182. The molecule has 2 aromatic heterocycles. The molecule has 0 aliphatic carbocycles. The van der Waals surface area contributed by atoms with E-state index in [1.54, 1.807) is 6.07 Å². The third kappa shape index (κ3) is 2.30. The first-order valence-corrected chi connectivity index (χ1v) is 8.33. The molecule has 0 unspecified atom stereocenters. The zero-order valence-electron chi connectivity index (χ0n) is 14.8. The molecule has 0 aliphatic heterocycles. The van der Waals surface area contributed by atoms with Crippen molar-refractivity contribution in [1.29, 1.82) is 5.26 Å². The Hall–Kier alpha value is -3.12. The van der Waals surface area contributed by atoms with E-state index in [1.807, 2.05) is 18.2 Å². The highest BCUT2D eigenvalue weighted by Gasteiger charge is 2.21. The summed E-state index contributed by atoms with van der Waals surface area (Å²) in [6, 6.07) is 14.2. The first kappa shape index (κ1) is 15.4. The quantitative estimate of drug-likeness (QED) is 0.468. The molecule has 0 saturated carbocycles. The van der Waals surface area contributed by atoms with Gasteiger partial charge in [0.25, 0.3) is 0 Å². The molecule has 0 spiro atoms. The maximum absolute atomic E-state index is 9.27. The van der Waals surface area contributed by atoms with E-state index in [4.69, 9.17) is 4.42 Å². The summed E-state index contributed by atoms with van der Waals surface area (Å²) in [7, 11) is 2.07. The van der Waals surface area contributed by atoms with E-state index in [-0.39, 0.29) is 0 Å². The average molecular weight is 327 g/mol. The van der Waals surface area contributed by atoms with Gasteiger partial charge in [0.05, 0.1) is 17.2 Å². The van der Waals surface area contributed by atoms with Gasteiger partial charge in [-0.15, -0.1) is 0 Å². The summed E-state index contributed by atoms with van der Waals surface area (Å²) in [6.45, 7) is 6.38. The fourth-order valence-electron chi connectivity index (χ4n) is 3.50. The lowest BCUT2D eigenvalue weighted by Crippen LogP contribution is -2.31. The number of hydrogen-bond donors (Lipinski definition) is 0. The number of aromatic nitrogens is 1. The highest BCUT2D eigenvalue weighted by atomic mass is 16.3. The third-order valence-corrected chi connectivity index (χ3v) is 4.97. The normalized spacial score (nSPS) is 11.2. The summed E-state index contributed by atoms with van der Waals surface area (Å²) in [5.41, 5.74) is 8.34. The third-order valence-electron chi connectivity index (χ3n) is 4.97. The van der Waals surface area contributed by atoms with Crippen LogP contribution in [0.15, 0.2) is 47.0 Å². The van der Waals surface area contributed by atoms with Crippen molar-refractivity contribution in [2.45, 2.75) is 20.8 Å². The molecule has 0 fully saturated rings. The molecule has 0 atom stereocenters. The summed E-state index contributed by atoms with van der Waals surface area (Å²) >= 11 is 0. The molecule has 4 rings (SSSR count). The highest BCUT2D eigenvalue weighted by molar-refractivity contribution is 6.12. The van der Waals surface area contributed by atoms with Gasteiger partial charge in [0.1, 0.15) is 18.2 Å². The largest absolute Gasteiger partial charge is 0.456 e. The molecular weight excluding hydrogens is 308 g/mol. The topological polar surface area (TPSA) is 40.8 Å². The van der Waals surface area contributed by atoms with Crippen LogP contribution < -0.4 is 4.57 Å². The van der Waals surface area contributed by atoms with Crippen molar-refractivity contribution < 1.29 is 8.98 Å². The van der Waals surface area contributed by atoms with E-state index in [0.717, 1.165) is 33.2 Å². The van der Waals surface area contributed by atoms with Crippen molar-refractivity contribution in [2.75, 3.05) is 0 Å². The molecular formula is C22H19N2O+. The van der Waals surface area contributed by atoms with Crippen molar-refractivity contribution in [3.05, 3.63) is 64.8 Å². The molecule has 0 saturated heterocycles. The second kappa shape index (κ2) is 5.46. The molecule has 0 N–H and O–H groups in total. The lowest BCUT2D eigenvalue weighted by molar-refractivity contribution is -0.660. The van der Waals surface area contributed by atoms with Gasteiger partial charge < -0.3 is 4.42 Å². The Bertz CT molecular complexity index is 1190. The molecule has 25 heavy (non-hydrogen) atoms. The summed E-state index contributed by atoms with van der Waals surface area (Å²) in [5.74, 6) is 0. The van der Waals surface area contributed by atoms with Crippen molar-refractivity contribution in [3.8, 4) is 17.3 Å². The summed E-state index contributed by atoms with van der Waals surface area (Å²) in [5, 5.41) is 11.3. The second-order valence-corrected chi connectivity index (χ2v) is 6.69. The number of pyridine rings is 1. The van der Waals surface area contributed by atoms with E-state index in [9.17, 15) is 5.26 Å². The van der Waals surface area contributed by atoms with E-state index in [1.165, 1.54) is 16.7 Å². The summed E-state index contributed by atoms with van der Waals surface area (Å²) in [6.07, 6.45) is 2.16. The number of fused-ring (bicyclic) bond motifs is 3. The SMILES string of the molecule is Cc1cc(-c2c(C)ccc3oc4ccc(C#N)cc4c23)[n+](C)cc1C. The van der Waals surface area contributed by atoms with Gasteiger partial charge in [0.15, 0.2) is 6.20 Å². The Labute approximate surface area is 146 Å². The lowest BCUT2D eigenvalue weighted by atomic mass is 9.96. The van der Waals surface area contributed by atoms with Crippen molar-refractivity contribution in [1.82, 2.24) is 0 Å². The first-order valence-electron chi connectivity index (χ1n) is 8.33. The second-order valence-electron chi connectivity index (χ2n) is 6.69. The summed E-state index contributed by atoms with van der Waals surface area (Å²) < 4.78 is 8.21. The molecule has 0 bridgehead atoms. The molecule has 0 radical (unpaired) electrons. The molecule has 4 aromatic rings. The van der Waals surface area contributed by atoms with Crippen molar-refractivity contribution >= 4 is 21.9 Å². The zero-order valence-corrected chi connectivity index (χ0v) is 14.8. The minimum Gasteiger partial charge on any atom is -0.456 e. The number of hydrogen-bond acceptors (Lipinski definition) is 2. The van der Waals surface area contributed by atoms with E-state index in [0.29, 0.717) is 5.56 Å². The molecule has 3 heteroatoms. The standard InChI is InChI=1S/C22H19N2O/c1-13-5-7-20-22(17-10-16(11-23)6-8-19(17)25-20)21(13)18-9-14(2)15(3)12-24(18)4/h5-10,12H,1-4H3/q+1. The van der Waals surface area contributed by atoms with Gasteiger partial charge in [0, 0.05) is 22.4 Å². The van der Waals surface area contributed by atoms with Crippen LogP contribution in [0.3, 0.4) is 0 Å². The minimum absolute atomic E-state index is 0.645. The molecule has 2 heterocycles. The lowest BCUT2D eigenvalue weighted by Gasteiger charge is -2.08. The predicted molar refractivity (Wildman–Crippen MR) is 99.3 cm³/mol. The molecule has 3 nitrogen and oxygen atoms in total. The highest BCUT2D eigenvalue weighted by Crippen LogP contribution is 2.38. The number of nitriles is 1. The Balaban J connectivity index is 2.18. The van der Waals surface area contributed by atoms with Crippen LogP contribution in [0.2, 0.25) is 0 Å². The number of aryl methyl sites for hydroxylation is 4. The van der Waals surface area contributed by atoms with Crippen LogP contribution in [-0.4, -0.2) is 0 Å². The van der Waals surface area contributed by atoms with Gasteiger partial charge in [-0.1, -0.05) is 6.07 Å². The maximum atomic E-state index is 9.27. The van der Waals surface area contributed by atoms with Gasteiger partial charge >= 0.3 is 0 Å². The Morgan fingerprint density at radius 2 is 1.68 bits per heavy atom. The van der Waals surface area contributed by atoms with E-state index >= 15 is 0 Å². The van der Waals surface area contributed by atoms with Crippen LogP contribution in [-0.2, 0) is 7.05 Å². The number of rotatable bonds is 1. The van der Waals surface area contributed by atoms with Crippen LogP contribution in [0.1, 0.15) is 22.3 Å². The Kier molecular flexibility index (Phi) is 3.36. The van der Waals surface area contributed by atoms with Crippen molar-refractivity contribution in [2.24, 2.45) is 7.05 Å². The monoisotopic (exact) mass is 327 g/mol. The number of furan rings is 1. The van der Waals surface area contributed by atoms with Crippen LogP contribution in [0, 0.1) is 32.1 Å². The van der Waals surface area contributed by atoms with Gasteiger partial charge in [-0.3, -0.25) is 0 Å². The van der Waals surface area contributed by atoms with Gasteiger partial charge in [-0.2, -0.15) is 5.26 Å². The molecule has 122 valence electrons. The predicted octanol–water partition coefficient (Wildman–Crippen LogP) is 4.87. The van der Waals surface area contributed by atoms with Crippen LogP contribution in [0.4, 0.5) is 0 Å². The fourth-order valence-corrected chi connectivity index (χ4v) is 3.50. The maximum Gasteiger partial charge on any atom is 0.213 e. The number of benzene rings is 2. The minimum atomic E-state index is 0.645. The number of nitrogens with zero attached hydrogens (tertiary/aromatic N) is 2. The zero-order chi connectivity index (χ0) is 17.7. The van der Waals surface area contributed by atoms with Crippen molar-refractivity contribution in [3.63, 3.8) is 0 Å². The van der Waals surface area contributed by atoms with Crippen LogP contribution >= 0.6 is 0 Å².